The Hall–Kier alpha value is -1.67. The summed E-state index contributed by atoms with van der Waals surface area (Å²) in [6, 6.07) is 17.6. The van der Waals surface area contributed by atoms with E-state index in [0.717, 1.165) is 18.7 Å². The molecule has 158 valence electrons. The number of benzene rings is 2. The number of hydrogen-bond donors (Lipinski definition) is 0. The molecule has 0 bridgehead atoms. The zero-order valence-electron chi connectivity index (χ0n) is 16.5. The second-order valence-electron chi connectivity index (χ2n) is 6.35. The Kier molecular flexibility index (Phi) is 15.6. The van der Waals surface area contributed by atoms with Gasteiger partial charge in [-0.05, 0) is 44.4 Å². The molecule has 0 aliphatic rings. The molecule has 0 saturated heterocycles. The van der Waals surface area contributed by atoms with Crippen molar-refractivity contribution in [2.75, 3.05) is 34.3 Å². The summed E-state index contributed by atoms with van der Waals surface area (Å²) < 4.78 is 0. The average Bonchev–Trinajstić information content (AvgIpc) is 2.59. The van der Waals surface area contributed by atoms with E-state index in [4.69, 9.17) is 9.78 Å². The minimum atomic E-state index is -0.466. The van der Waals surface area contributed by atoms with Gasteiger partial charge in [0.05, 0.1) is 5.56 Å². The summed E-state index contributed by atoms with van der Waals surface area (Å²) in [5.41, 5.74) is 2.79. The lowest BCUT2D eigenvalue weighted by Gasteiger charge is -2.16. The fourth-order valence-electron chi connectivity index (χ4n) is 2.47. The summed E-state index contributed by atoms with van der Waals surface area (Å²) in [7, 11) is 5.98. The average molecular weight is 433 g/mol. The normalized spacial score (nSPS) is 9.89. The molecule has 2 aromatic carbocycles. The molecule has 0 saturated carbocycles. The van der Waals surface area contributed by atoms with E-state index < -0.39 is 5.97 Å². The molecule has 2 rings (SSSR count). The van der Waals surface area contributed by atoms with Gasteiger partial charge in [0.15, 0.2) is 0 Å². The monoisotopic (exact) mass is 432 g/mol. The summed E-state index contributed by atoms with van der Waals surface area (Å²) in [5.74, 6) is -0.466. The van der Waals surface area contributed by atoms with Crippen molar-refractivity contribution >= 4 is 30.8 Å². The van der Waals surface area contributed by atoms with E-state index in [1.807, 2.05) is 62.4 Å². The molecule has 0 unspecified atom stereocenters. The molecule has 0 aromatic heterocycles. The minimum Gasteiger partial charge on any atom is -0.412 e. The highest BCUT2D eigenvalue weighted by Gasteiger charge is 2.10. The predicted molar refractivity (Wildman–Crippen MR) is 116 cm³/mol. The molecule has 28 heavy (non-hydrogen) atoms. The quantitative estimate of drug-likeness (QED) is 0.345. The molecule has 2 aromatic rings. The van der Waals surface area contributed by atoms with Crippen molar-refractivity contribution in [2.24, 2.45) is 0 Å². The molecule has 0 radical (unpaired) electrons. The SMILES string of the molecule is CN(C)Cc1cccc(C(=O)OOCCN(C)Cc2ccccc2)c1.Cl.Cl.O. The van der Waals surface area contributed by atoms with Crippen LogP contribution in [0.2, 0.25) is 0 Å². The molecule has 6 nitrogen and oxygen atoms in total. The highest BCUT2D eigenvalue weighted by atomic mass is 35.5. The smallest absolute Gasteiger partial charge is 0.373 e. The maximum absolute atomic E-state index is 12.0. The largest absolute Gasteiger partial charge is 0.412 e. The van der Waals surface area contributed by atoms with Crippen LogP contribution in [0.4, 0.5) is 0 Å². The Morgan fingerprint density at radius 2 is 1.54 bits per heavy atom. The molecule has 0 fully saturated rings. The van der Waals surface area contributed by atoms with Crippen LogP contribution in [-0.2, 0) is 22.9 Å². The maximum atomic E-state index is 12.0. The van der Waals surface area contributed by atoms with Gasteiger partial charge in [-0.2, -0.15) is 4.89 Å². The first-order valence-electron chi connectivity index (χ1n) is 8.34. The first kappa shape index (κ1) is 28.5. The Balaban J connectivity index is 0. The summed E-state index contributed by atoms with van der Waals surface area (Å²) in [4.78, 5) is 26.2. The van der Waals surface area contributed by atoms with E-state index in [1.165, 1.54) is 5.56 Å². The van der Waals surface area contributed by atoms with Crippen LogP contribution < -0.4 is 0 Å². The molecule has 0 aliphatic heterocycles. The summed E-state index contributed by atoms with van der Waals surface area (Å²) in [6.07, 6.45) is 0. The van der Waals surface area contributed by atoms with Crippen molar-refractivity contribution in [3.05, 3.63) is 71.3 Å². The van der Waals surface area contributed by atoms with Gasteiger partial charge in [-0.15, -0.1) is 24.8 Å². The van der Waals surface area contributed by atoms with Crippen molar-refractivity contribution < 1.29 is 20.0 Å². The zero-order chi connectivity index (χ0) is 18.1. The van der Waals surface area contributed by atoms with Crippen LogP contribution in [0.25, 0.3) is 0 Å². The summed E-state index contributed by atoms with van der Waals surface area (Å²) in [6.45, 7) is 2.59. The van der Waals surface area contributed by atoms with Crippen LogP contribution >= 0.6 is 24.8 Å². The number of hydrogen-bond acceptors (Lipinski definition) is 5. The van der Waals surface area contributed by atoms with Gasteiger partial charge < -0.3 is 10.4 Å². The van der Waals surface area contributed by atoms with Crippen molar-refractivity contribution in [1.82, 2.24) is 9.80 Å². The van der Waals surface area contributed by atoms with Crippen molar-refractivity contribution in [3.8, 4) is 0 Å². The number of rotatable bonds is 9. The van der Waals surface area contributed by atoms with E-state index >= 15 is 0 Å². The number of nitrogens with zero attached hydrogens (tertiary/aromatic N) is 2. The Morgan fingerprint density at radius 3 is 2.18 bits per heavy atom. The number of carbonyl (C=O) groups is 1. The highest BCUT2D eigenvalue weighted by molar-refractivity contribution is 5.89. The van der Waals surface area contributed by atoms with Gasteiger partial charge >= 0.3 is 5.97 Å². The summed E-state index contributed by atoms with van der Waals surface area (Å²) in [5, 5.41) is 0. The Morgan fingerprint density at radius 1 is 0.893 bits per heavy atom. The Bertz CT molecular complexity index is 672. The van der Waals surface area contributed by atoms with Crippen LogP contribution in [0.5, 0.6) is 0 Å². The molecule has 2 N–H and O–H groups in total. The zero-order valence-corrected chi connectivity index (χ0v) is 18.1. The van der Waals surface area contributed by atoms with E-state index in [1.54, 1.807) is 6.07 Å². The van der Waals surface area contributed by atoms with E-state index in [2.05, 4.69) is 17.0 Å². The van der Waals surface area contributed by atoms with Crippen LogP contribution in [0.1, 0.15) is 21.5 Å². The highest BCUT2D eigenvalue weighted by Crippen LogP contribution is 2.09. The topological polar surface area (TPSA) is 73.5 Å². The van der Waals surface area contributed by atoms with Crippen LogP contribution in [0, 0.1) is 0 Å². The van der Waals surface area contributed by atoms with Gasteiger partial charge in [0.1, 0.15) is 6.61 Å². The third-order valence-electron chi connectivity index (χ3n) is 3.65. The van der Waals surface area contributed by atoms with Gasteiger partial charge in [-0.1, -0.05) is 42.5 Å². The predicted octanol–water partition coefficient (Wildman–Crippen LogP) is 2.99. The minimum absolute atomic E-state index is 0. The van der Waals surface area contributed by atoms with Crippen LogP contribution in [0.3, 0.4) is 0 Å². The first-order chi connectivity index (χ1) is 12.0. The number of halogens is 2. The molecular formula is C20H30Cl2N2O4. The fraction of sp³-hybridized carbons (Fsp3) is 0.350. The first-order valence-corrected chi connectivity index (χ1v) is 8.34. The molecule has 0 amide bonds. The lowest BCUT2D eigenvalue weighted by Crippen LogP contribution is -2.23. The third-order valence-corrected chi connectivity index (χ3v) is 3.65. The van der Waals surface area contributed by atoms with E-state index in [9.17, 15) is 4.79 Å². The molecule has 8 heteroatoms. The van der Waals surface area contributed by atoms with Crippen LogP contribution in [-0.4, -0.2) is 55.5 Å². The Labute approximate surface area is 179 Å². The van der Waals surface area contributed by atoms with Crippen molar-refractivity contribution in [1.29, 1.82) is 0 Å². The summed E-state index contributed by atoms with van der Waals surface area (Å²) >= 11 is 0. The molecule has 0 aliphatic carbocycles. The second kappa shape index (κ2) is 15.3. The lowest BCUT2D eigenvalue weighted by molar-refractivity contribution is -0.242. The van der Waals surface area contributed by atoms with Crippen molar-refractivity contribution in [3.63, 3.8) is 0 Å². The van der Waals surface area contributed by atoms with Gasteiger partial charge in [-0.25, -0.2) is 4.79 Å². The van der Waals surface area contributed by atoms with E-state index in [0.29, 0.717) is 18.7 Å². The number of carbonyl (C=O) groups excluding carboxylic acids is 1. The number of likely N-dealkylation sites (N-methyl/N-ethyl adjacent to an activating group) is 1. The third kappa shape index (κ3) is 10.6. The van der Waals surface area contributed by atoms with Gasteiger partial charge in [0, 0.05) is 19.6 Å². The van der Waals surface area contributed by atoms with E-state index in [-0.39, 0.29) is 30.3 Å². The fourth-order valence-corrected chi connectivity index (χ4v) is 2.47. The van der Waals surface area contributed by atoms with Crippen molar-refractivity contribution in [2.45, 2.75) is 13.1 Å². The molecule has 0 atom stereocenters. The molecule has 0 heterocycles. The van der Waals surface area contributed by atoms with Crippen LogP contribution in [0.15, 0.2) is 54.6 Å². The second-order valence-corrected chi connectivity index (χ2v) is 6.35. The van der Waals surface area contributed by atoms with Gasteiger partial charge in [0.25, 0.3) is 0 Å². The standard InChI is InChI=1S/C20H26N2O3.2ClH.H2O/c1-21(2)15-18-10-7-11-19(14-18)20(23)25-24-13-12-22(3)16-17-8-5-4-6-9-17;;;/h4-11,14H,12-13,15-16H2,1-3H3;2*1H;1H2. The van der Waals surface area contributed by atoms with Gasteiger partial charge in [-0.3, -0.25) is 9.79 Å². The maximum Gasteiger partial charge on any atom is 0.373 e. The lowest BCUT2D eigenvalue weighted by atomic mass is 10.1. The molecular weight excluding hydrogens is 403 g/mol. The molecule has 0 spiro atoms. The van der Waals surface area contributed by atoms with Gasteiger partial charge in [0.2, 0.25) is 0 Å².